The molecule has 7 heteroatoms. The first kappa shape index (κ1) is 21.1. The van der Waals surface area contributed by atoms with Gasteiger partial charge in [0.25, 0.3) is 0 Å². The Hall–Kier alpha value is -0.630. The van der Waals surface area contributed by atoms with Crippen LogP contribution >= 0.6 is 0 Å². The Labute approximate surface area is 159 Å². The van der Waals surface area contributed by atoms with Gasteiger partial charge in [0.05, 0.1) is 12.2 Å². The SMILES string of the molecule is CCCCC(F)(F)C(=O)CC[C@@H]1[C@H]2CC(O)O[C@H]2C[C@H]1OC1CCCCO1. The Kier molecular flexibility index (Phi) is 7.22. The summed E-state index contributed by atoms with van der Waals surface area (Å²) in [5, 5.41) is 9.79. The van der Waals surface area contributed by atoms with Crippen LogP contribution in [0.15, 0.2) is 0 Å². The van der Waals surface area contributed by atoms with Crippen LogP contribution in [0.2, 0.25) is 0 Å². The molecule has 2 aliphatic heterocycles. The van der Waals surface area contributed by atoms with Gasteiger partial charge in [0.2, 0.25) is 5.78 Å². The van der Waals surface area contributed by atoms with E-state index in [4.69, 9.17) is 14.2 Å². The molecule has 0 radical (unpaired) electrons. The van der Waals surface area contributed by atoms with Gasteiger partial charge < -0.3 is 19.3 Å². The van der Waals surface area contributed by atoms with E-state index in [2.05, 4.69) is 0 Å². The predicted molar refractivity (Wildman–Crippen MR) is 94.3 cm³/mol. The lowest BCUT2D eigenvalue weighted by Crippen LogP contribution is -2.33. The molecule has 5 nitrogen and oxygen atoms in total. The maximum absolute atomic E-state index is 14.0. The fourth-order valence-electron chi connectivity index (χ4n) is 4.69. The van der Waals surface area contributed by atoms with Crippen molar-refractivity contribution in [2.24, 2.45) is 11.8 Å². The Morgan fingerprint density at radius 1 is 1.30 bits per heavy atom. The zero-order valence-electron chi connectivity index (χ0n) is 16.1. The average Bonchev–Trinajstić information content (AvgIpc) is 3.14. The molecule has 0 aromatic heterocycles. The number of unbranched alkanes of at least 4 members (excludes halogenated alkanes) is 1. The number of ketones is 1. The summed E-state index contributed by atoms with van der Waals surface area (Å²) in [5.41, 5.74) is 0. The summed E-state index contributed by atoms with van der Waals surface area (Å²) in [5.74, 6) is -4.25. The van der Waals surface area contributed by atoms with Crippen molar-refractivity contribution in [2.45, 2.75) is 102 Å². The Morgan fingerprint density at radius 3 is 2.81 bits per heavy atom. The standard InChI is InChI=1S/C20H32F2O5/c1-2-3-9-20(21,22)17(23)8-7-13-14-11-18(24)26-16(14)12-15(13)27-19-6-4-5-10-25-19/h13-16,18-19,24H,2-12H2,1H3/t13-,14-,15-,16+,18?,19?/m1/s1. The van der Waals surface area contributed by atoms with Gasteiger partial charge in [-0.25, -0.2) is 0 Å². The molecular formula is C20H32F2O5. The number of alkyl halides is 2. The molecule has 6 atom stereocenters. The first-order valence-electron chi connectivity index (χ1n) is 10.4. The second kappa shape index (κ2) is 9.25. The molecule has 2 unspecified atom stereocenters. The van der Waals surface area contributed by atoms with Crippen molar-refractivity contribution in [2.75, 3.05) is 6.61 Å². The van der Waals surface area contributed by atoms with E-state index in [1.807, 2.05) is 6.92 Å². The molecule has 156 valence electrons. The van der Waals surface area contributed by atoms with Crippen molar-refractivity contribution >= 4 is 5.78 Å². The Morgan fingerprint density at radius 2 is 2.11 bits per heavy atom. The highest BCUT2D eigenvalue weighted by Crippen LogP contribution is 2.47. The van der Waals surface area contributed by atoms with Gasteiger partial charge in [0, 0.05) is 32.3 Å². The highest BCUT2D eigenvalue weighted by Gasteiger charge is 2.51. The molecule has 0 bridgehead atoms. The summed E-state index contributed by atoms with van der Waals surface area (Å²) < 4.78 is 45.4. The minimum absolute atomic E-state index is 0.0469. The number of carbonyl (C=O) groups is 1. The Balaban J connectivity index is 1.59. The number of aliphatic hydroxyl groups excluding tert-OH is 1. The van der Waals surface area contributed by atoms with Gasteiger partial charge in [-0.1, -0.05) is 13.3 Å². The first-order valence-corrected chi connectivity index (χ1v) is 10.4. The molecule has 0 aromatic carbocycles. The van der Waals surface area contributed by atoms with E-state index in [0.29, 0.717) is 38.7 Å². The number of fused-ring (bicyclic) bond motifs is 1. The third-order valence-electron chi connectivity index (χ3n) is 6.20. The van der Waals surface area contributed by atoms with Crippen LogP contribution in [0.25, 0.3) is 0 Å². The van der Waals surface area contributed by atoms with Crippen LogP contribution in [-0.4, -0.2) is 48.2 Å². The minimum atomic E-state index is -3.25. The van der Waals surface area contributed by atoms with Gasteiger partial charge in [-0.3, -0.25) is 4.79 Å². The number of carbonyl (C=O) groups excluding carboxylic acids is 1. The number of hydrogen-bond donors (Lipinski definition) is 1. The van der Waals surface area contributed by atoms with Crippen LogP contribution in [0.5, 0.6) is 0 Å². The monoisotopic (exact) mass is 390 g/mol. The zero-order valence-corrected chi connectivity index (χ0v) is 16.1. The normalized spacial score (nSPS) is 36.7. The molecular weight excluding hydrogens is 358 g/mol. The van der Waals surface area contributed by atoms with E-state index in [-0.39, 0.29) is 43.2 Å². The highest BCUT2D eigenvalue weighted by molar-refractivity contribution is 5.85. The minimum Gasteiger partial charge on any atom is -0.368 e. The molecule has 2 saturated heterocycles. The van der Waals surface area contributed by atoms with Gasteiger partial charge in [-0.15, -0.1) is 0 Å². The van der Waals surface area contributed by atoms with E-state index >= 15 is 0 Å². The lowest BCUT2D eigenvalue weighted by Gasteiger charge is -2.30. The van der Waals surface area contributed by atoms with Crippen molar-refractivity contribution in [3.05, 3.63) is 0 Å². The van der Waals surface area contributed by atoms with Gasteiger partial charge in [-0.2, -0.15) is 8.78 Å². The number of rotatable bonds is 9. The van der Waals surface area contributed by atoms with Crippen LogP contribution in [0.1, 0.15) is 71.1 Å². The smallest absolute Gasteiger partial charge is 0.305 e. The van der Waals surface area contributed by atoms with E-state index in [9.17, 15) is 18.7 Å². The van der Waals surface area contributed by atoms with E-state index in [1.54, 1.807) is 0 Å². The summed E-state index contributed by atoms with van der Waals surface area (Å²) >= 11 is 0. The number of Topliss-reactive ketones (excluding diaryl/α,β-unsaturated/α-hetero) is 1. The number of hydrogen-bond acceptors (Lipinski definition) is 5. The van der Waals surface area contributed by atoms with Crippen molar-refractivity contribution in [1.82, 2.24) is 0 Å². The van der Waals surface area contributed by atoms with Crippen LogP contribution in [0, 0.1) is 11.8 Å². The van der Waals surface area contributed by atoms with Gasteiger partial charge in [0.15, 0.2) is 12.6 Å². The lowest BCUT2D eigenvalue weighted by atomic mass is 9.86. The quantitative estimate of drug-likeness (QED) is 0.648. The van der Waals surface area contributed by atoms with E-state index in [1.165, 1.54) is 0 Å². The average molecular weight is 390 g/mol. The summed E-state index contributed by atoms with van der Waals surface area (Å²) in [6.45, 7) is 2.51. The summed E-state index contributed by atoms with van der Waals surface area (Å²) in [4.78, 5) is 12.1. The van der Waals surface area contributed by atoms with Crippen molar-refractivity contribution in [3.63, 3.8) is 0 Å². The fraction of sp³-hybridized carbons (Fsp3) is 0.950. The second-order valence-corrected chi connectivity index (χ2v) is 8.17. The van der Waals surface area contributed by atoms with Crippen molar-refractivity contribution in [1.29, 1.82) is 0 Å². The van der Waals surface area contributed by atoms with Crippen LogP contribution in [0.3, 0.4) is 0 Å². The van der Waals surface area contributed by atoms with Crippen LogP contribution in [-0.2, 0) is 19.0 Å². The largest absolute Gasteiger partial charge is 0.368 e. The molecule has 1 N–H and O–H groups in total. The van der Waals surface area contributed by atoms with Crippen molar-refractivity contribution in [3.8, 4) is 0 Å². The molecule has 3 aliphatic rings. The van der Waals surface area contributed by atoms with E-state index < -0.39 is 18.0 Å². The van der Waals surface area contributed by atoms with E-state index in [0.717, 1.165) is 19.3 Å². The summed E-state index contributed by atoms with van der Waals surface area (Å²) in [7, 11) is 0. The lowest BCUT2D eigenvalue weighted by molar-refractivity contribution is -0.200. The molecule has 0 amide bonds. The summed E-state index contributed by atoms with van der Waals surface area (Å²) in [6.07, 6.45) is 3.40. The third kappa shape index (κ3) is 5.25. The van der Waals surface area contributed by atoms with Crippen LogP contribution in [0.4, 0.5) is 8.78 Å². The fourth-order valence-corrected chi connectivity index (χ4v) is 4.69. The molecule has 3 rings (SSSR count). The number of aliphatic hydroxyl groups is 1. The van der Waals surface area contributed by atoms with Gasteiger partial charge >= 0.3 is 5.92 Å². The molecule has 0 spiro atoms. The van der Waals surface area contributed by atoms with Crippen LogP contribution < -0.4 is 0 Å². The molecule has 1 saturated carbocycles. The topological polar surface area (TPSA) is 65.0 Å². The summed E-state index contributed by atoms with van der Waals surface area (Å²) in [6, 6.07) is 0. The molecule has 2 heterocycles. The highest BCUT2D eigenvalue weighted by atomic mass is 19.3. The van der Waals surface area contributed by atoms with Crippen molar-refractivity contribution < 1.29 is 32.9 Å². The number of halogens is 2. The third-order valence-corrected chi connectivity index (χ3v) is 6.20. The maximum Gasteiger partial charge on any atom is 0.305 e. The molecule has 0 aromatic rings. The first-order chi connectivity index (χ1) is 12.9. The zero-order chi connectivity index (χ0) is 19.4. The molecule has 27 heavy (non-hydrogen) atoms. The maximum atomic E-state index is 14.0. The predicted octanol–water partition coefficient (Wildman–Crippen LogP) is 3.82. The Bertz CT molecular complexity index is 495. The van der Waals surface area contributed by atoms with Gasteiger partial charge in [0.1, 0.15) is 0 Å². The second-order valence-electron chi connectivity index (χ2n) is 8.17. The number of ether oxygens (including phenoxy) is 3. The molecule has 3 fully saturated rings. The van der Waals surface area contributed by atoms with Gasteiger partial charge in [-0.05, 0) is 43.9 Å². The molecule has 1 aliphatic carbocycles.